The van der Waals surface area contributed by atoms with Crippen molar-refractivity contribution < 1.29 is 14.6 Å². The van der Waals surface area contributed by atoms with Gasteiger partial charge in [-0.3, -0.25) is 0 Å². The zero-order valence-electron chi connectivity index (χ0n) is 11.5. The molecular formula is C16H18FNO2S. The molecule has 5 heteroatoms. The van der Waals surface area contributed by atoms with Gasteiger partial charge in [0, 0.05) is 22.9 Å². The average molecular weight is 307 g/mol. The maximum atomic E-state index is 13.6. The van der Waals surface area contributed by atoms with Crippen molar-refractivity contribution in [1.82, 2.24) is 0 Å². The fraction of sp³-hybridized carbons (Fsp3) is 0.250. The number of aliphatic hydroxyl groups excluding tert-OH is 2. The molecular weight excluding hydrogens is 289 g/mol. The van der Waals surface area contributed by atoms with Crippen LogP contribution in [0.3, 0.4) is 0 Å². The molecule has 0 aromatic heterocycles. The Kier molecular flexibility index (Phi) is 6.04. The quantitative estimate of drug-likeness (QED) is 0.689. The number of hydrogen-bond donors (Lipinski definition) is 3. The van der Waals surface area contributed by atoms with Crippen LogP contribution in [0.15, 0.2) is 53.4 Å². The summed E-state index contributed by atoms with van der Waals surface area (Å²) < 4.78 is 13.6. The van der Waals surface area contributed by atoms with Crippen LogP contribution in [-0.4, -0.2) is 29.5 Å². The topological polar surface area (TPSA) is 52.5 Å². The molecule has 3 nitrogen and oxygen atoms in total. The Morgan fingerprint density at radius 1 is 1.10 bits per heavy atom. The van der Waals surface area contributed by atoms with Crippen LogP contribution in [0.1, 0.15) is 5.56 Å². The number of para-hydroxylation sites is 1. The summed E-state index contributed by atoms with van der Waals surface area (Å²) in [6, 6.07) is 14.4. The molecule has 0 bridgehead atoms. The Balaban J connectivity index is 2.01. The van der Waals surface area contributed by atoms with Crippen LogP contribution in [-0.2, 0) is 5.75 Å². The third-order valence-corrected chi connectivity index (χ3v) is 4.09. The van der Waals surface area contributed by atoms with Gasteiger partial charge in [-0.15, -0.1) is 11.8 Å². The van der Waals surface area contributed by atoms with Gasteiger partial charge in [0.05, 0.1) is 12.7 Å². The van der Waals surface area contributed by atoms with E-state index >= 15 is 0 Å². The minimum atomic E-state index is -0.797. The monoisotopic (exact) mass is 307 g/mol. The SMILES string of the molecule is OCC(O)CNc1ccccc1SCc1ccccc1F. The Hall–Kier alpha value is -1.56. The number of benzene rings is 2. The highest BCUT2D eigenvalue weighted by Crippen LogP contribution is 2.30. The minimum absolute atomic E-state index is 0.203. The van der Waals surface area contributed by atoms with E-state index in [-0.39, 0.29) is 19.0 Å². The van der Waals surface area contributed by atoms with E-state index in [1.54, 1.807) is 12.1 Å². The van der Waals surface area contributed by atoms with Gasteiger partial charge in [0.25, 0.3) is 0 Å². The van der Waals surface area contributed by atoms with Gasteiger partial charge in [0.1, 0.15) is 5.82 Å². The molecule has 0 aliphatic heterocycles. The first-order valence-corrected chi connectivity index (χ1v) is 7.67. The number of nitrogens with one attached hydrogen (secondary N) is 1. The molecule has 0 radical (unpaired) electrons. The molecule has 1 unspecified atom stereocenters. The molecule has 2 aromatic rings. The van der Waals surface area contributed by atoms with Crippen molar-refractivity contribution in [2.45, 2.75) is 16.8 Å². The molecule has 0 heterocycles. The van der Waals surface area contributed by atoms with E-state index in [2.05, 4.69) is 5.32 Å². The van der Waals surface area contributed by atoms with Crippen molar-refractivity contribution in [3.63, 3.8) is 0 Å². The summed E-state index contributed by atoms with van der Waals surface area (Å²) in [5, 5.41) is 21.3. The van der Waals surface area contributed by atoms with Gasteiger partial charge in [-0.2, -0.15) is 0 Å². The maximum Gasteiger partial charge on any atom is 0.127 e. The van der Waals surface area contributed by atoms with Gasteiger partial charge in [0.15, 0.2) is 0 Å². The van der Waals surface area contributed by atoms with Crippen molar-refractivity contribution in [2.75, 3.05) is 18.5 Å². The highest BCUT2D eigenvalue weighted by Gasteiger charge is 2.07. The van der Waals surface area contributed by atoms with Gasteiger partial charge in [-0.05, 0) is 23.8 Å². The van der Waals surface area contributed by atoms with Gasteiger partial charge in [-0.25, -0.2) is 4.39 Å². The number of aliphatic hydroxyl groups is 2. The largest absolute Gasteiger partial charge is 0.394 e. The van der Waals surface area contributed by atoms with Crippen LogP contribution in [0.2, 0.25) is 0 Å². The molecule has 0 saturated carbocycles. The number of thioether (sulfide) groups is 1. The Bertz CT molecular complexity index is 580. The number of halogens is 1. The van der Waals surface area contributed by atoms with Crippen LogP contribution in [0.5, 0.6) is 0 Å². The molecule has 0 fully saturated rings. The van der Waals surface area contributed by atoms with Crippen molar-refractivity contribution in [1.29, 1.82) is 0 Å². The number of rotatable bonds is 7. The van der Waals surface area contributed by atoms with Crippen LogP contribution in [0, 0.1) is 5.82 Å². The molecule has 0 amide bonds. The van der Waals surface area contributed by atoms with Crippen molar-refractivity contribution >= 4 is 17.4 Å². The second-order valence-electron chi connectivity index (χ2n) is 4.59. The van der Waals surface area contributed by atoms with Crippen molar-refractivity contribution in [2.24, 2.45) is 0 Å². The normalized spacial score (nSPS) is 12.1. The smallest absolute Gasteiger partial charge is 0.127 e. The first-order valence-electron chi connectivity index (χ1n) is 6.68. The van der Waals surface area contributed by atoms with E-state index in [0.717, 1.165) is 10.6 Å². The zero-order chi connectivity index (χ0) is 15.1. The lowest BCUT2D eigenvalue weighted by Crippen LogP contribution is -2.23. The average Bonchev–Trinajstić information content (AvgIpc) is 2.52. The van der Waals surface area contributed by atoms with Crippen LogP contribution >= 0.6 is 11.8 Å². The molecule has 2 aromatic carbocycles. The predicted molar refractivity (Wildman–Crippen MR) is 84.0 cm³/mol. The first-order chi connectivity index (χ1) is 10.2. The third kappa shape index (κ3) is 4.74. The van der Waals surface area contributed by atoms with Crippen LogP contribution in [0.25, 0.3) is 0 Å². The molecule has 1 atom stereocenters. The zero-order valence-corrected chi connectivity index (χ0v) is 12.3. The second kappa shape index (κ2) is 8.02. The maximum absolute atomic E-state index is 13.6. The highest BCUT2D eigenvalue weighted by molar-refractivity contribution is 7.98. The van der Waals surface area contributed by atoms with E-state index < -0.39 is 6.10 Å². The van der Waals surface area contributed by atoms with E-state index in [0.29, 0.717) is 11.3 Å². The van der Waals surface area contributed by atoms with E-state index in [9.17, 15) is 9.50 Å². The minimum Gasteiger partial charge on any atom is -0.394 e. The summed E-state index contributed by atoms with van der Waals surface area (Å²) in [5.74, 6) is 0.333. The second-order valence-corrected chi connectivity index (χ2v) is 5.61. The Labute approximate surface area is 127 Å². The van der Waals surface area contributed by atoms with E-state index in [1.807, 2.05) is 30.3 Å². The summed E-state index contributed by atoms with van der Waals surface area (Å²) in [4.78, 5) is 0.978. The van der Waals surface area contributed by atoms with Crippen LogP contribution < -0.4 is 5.32 Å². The molecule has 112 valence electrons. The summed E-state index contributed by atoms with van der Waals surface area (Å²) in [7, 11) is 0. The highest BCUT2D eigenvalue weighted by atomic mass is 32.2. The first kappa shape index (κ1) is 15.8. The number of anilines is 1. The molecule has 0 aliphatic rings. The molecule has 3 N–H and O–H groups in total. The lowest BCUT2D eigenvalue weighted by Gasteiger charge is -2.14. The fourth-order valence-electron chi connectivity index (χ4n) is 1.80. The molecule has 0 spiro atoms. The predicted octanol–water partition coefficient (Wildman–Crippen LogP) is 2.88. The fourth-order valence-corrected chi connectivity index (χ4v) is 2.82. The van der Waals surface area contributed by atoms with Gasteiger partial charge in [-0.1, -0.05) is 30.3 Å². The van der Waals surface area contributed by atoms with E-state index in [1.165, 1.54) is 17.8 Å². The molecule has 0 saturated heterocycles. The summed E-state index contributed by atoms with van der Waals surface area (Å²) in [5.41, 5.74) is 1.53. The van der Waals surface area contributed by atoms with Crippen LogP contribution in [0.4, 0.5) is 10.1 Å². The lowest BCUT2D eigenvalue weighted by atomic mass is 10.2. The van der Waals surface area contributed by atoms with Gasteiger partial charge in [0.2, 0.25) is 0 Å². The summed E-state index contributed by atoms with van der Waals surface area (Å²) in [6.45, 7) is -0.00862. The molecule has 2 rings (SSSR count). The Morgan fingerprint density at radius 3 is 2.57 bits per heavy atom. The summed E-state index contributed by atoms with van der Waals surface area (Å²) in [6.07, 6.45) is -0.797. The molecule has 0 aliphatic carbocycles. The third-order valence-electron chi connectivity index (χ3n) is 2.97. The standard InChI is InChI=1S/C16H18FNO2S/c17-14-6-2-1-5-12(14)11-21-16-8-4-3-7-15(16)18-9-13(20)10-19/h1-8,13,18-20H,9-11H2. The van der Waals surface area contributed by atoms with Crippen molar-refractivity contribution in [3.05, 3.63) is 59.9 Å². The van der Waals surface area contributed by atoms with Gasteiger partial charge < -0.3 is 15.5 Å². The number of hydrogen-bond acceptors (Lipinski definition) is 4. The Morgan fingerprint density at radius 2 is 1.81 bits per heavy atom. The van der Waals surface area contributed by atoms with E-state index in [4.69, 9.17) is 5.11 Å². The van der Waals surface area contributed by atoms with Gasteiger partial charge >= 0.3 is 0 Å². The lowest BCUT2D eigenvalue weighted by molar-refractivity contribution is 0.105. The molecule has 21 heavy (non-hydrogen) atoms. The summed E-state index contributed by atoms with van der Waals surface area (Å²) >= 11 is 1.53. The van der Waals surface area contributed by atoms with Crippen molar-refractivity contribution in [3.8, 4) is 0 Å².